The molecular weight excluding hydrogens is 424 g/mol. The Labute approximate surface area is 202 Å². The van der Waals surface area contributed by atoms with Gasteiger partial charge in [0.2, 0.25) is 0 Å². The summed E-state index contributed by atoms with van der Waals surface area (Å²) in [5.74, 6) is 0.862. The average molecular weight is 461 g/mol. The summed E-state index contributed by atoms with van der Waals surface area (Å²) in [4.78, 5) is 23.9. The van der Waals surface area contributed by atoms with Crippen molar-refractivity contribution in [3.05, 3.63) is 71.9 Å². The molecule has 2 aliphatic rings. The Morgan fingerprint density at radius 2 is 1.82 bits per heavy atom. The first-order valence-electron chi connectivity index (χ1n) is 12.5. The number of amides is 1. The molecule has 0 radical (unpaired) electrons. The number of nitrogens with one attached hydrogen (secondary N) is 2. The molecule has 34 heavy (non-hydrogen) atoms. The zero-order chi connectivity index (χ0) is 23.5. The maximum Gasteiger partial charge on any atom is 0.426 e. The van der Waals surface area contributed by atoms with Crippen LogP contribution in [-0.2, 0) is 10.4 Å². The number of nitrogens with zero attached hydrogens (tertiary/aromatic N) is 2. The van der Waals surface area contributed by atoms with Crippen LogP contribution in [0.25, 0.3) is 10.9 Å². The second-order valence-electron chi connectivity index (χ2n) is 10.2. The minimum Gasteiger partial charge on any atom is -0.361 e. The van der Waals surface area contributed by atoms with E-state index in [2.05, 4.69) is 84.0 Å². The number of aromatic amines is 1. The van der Waals surface area contributed by atoms with Crippen LogP contribution in [0.4, 0.5) is 4.79 Å². The second-order valence-corrected chi connectivity index (χ2v) is 10.2. The number of hydrogen-bond acceptors (Lipinski definition) is 4. The Hall–Kier alpha value is -2.83. The van der Waals surface area contributed by atoms with Gasteiger partial charge >= 0.3 is 6.09 Å². The third-order valence-electron chi connectivity index (χ3n) is 8.06. The van der Waals surface area contributed by atoms with Gasteiger partial charge in [-0.2, -0.15) is 0 Å². The maximum absolute atomic E-state index is 12.5. The van der Waals surface area contributed by atoms with Gasteiger partial charge in [0.05, 0.1) is 0 Å². The number of fused-ring (bicyclic) bond motifs is 1. The second kappa shape index (κ2) is 9.80. The highest BCUT2D eigenvalue weighted by Gasteiger charge is 2.38. The molecule has 1 aliphatic carbocycles. The number of hydroxylamine groups is 2. The van der Waals surface area contributed by atoms with E-state index >= 15 is 0 Å². The monoisotopic (exact) mass is 460 g/mol. The molecule has 6 heteroatoms. The molecule has 180 valence electrons. The van der Waals surface area contributed by atoms with Crippen molar-refractivity contribution in [3.8, 4) is 0 Å². The number of benzene rings is 2. The van der Waals surface area contributed by atoms with E-state index in [-0.39, 0.29) is 11.6 Å². The van der Waals surface area contributed by atoms with E-state index in [4.69, 9.17) is 4.84 Å². The van der Waals surface area contributed by atoms with E-state index < -0.39 is 0 Å². The minimum atomic E-state index is -0.327. The van der Waals surface area contributed by atoms with Gasteiger partial charge in [0.25, 0.3) is 0 Å². The molecule has 1 saturated carbocycles. The van der Waals surface area contributed by atoms with Crippen molar-refractivity contribution in [3.63, 3.8) is 0 Å². The van der Waals surface area contributed by atoms with Crippen LogP contribution in [0.3, 0.4) is 0 Å². The van der Waals surface area contributed by atoms with Gasteiger partial charge in [-0.05, 0) is 69.3 Å². The molecule has 6 nitrogen and oxygen atoms in total. The van der Waals surface area contributed by atoms with Crippen molar-refractivity contribution >= 4 is 17.0 Å². The molecule has 2 fully saturated rings. The molecule has 3 aromatic rings. The smallest absolute Gasteiger partial charge is 0.361 e. The first-order chi connectivity index (χ1) is 16.5. The number of rotatable bonds is 6. The lowest BCUT2D eigenvalue weighted by Crippen LogP contribution is -2.45. The van der Waals surface area contributed by atoms with Crippen LogP contribution in [-0.4, -0.2) is 54.8 Å². The van der Waals surface area contributed by atoms with Gasteiger partial charge in [-0.25, -0.2) is 4.79 Å². The molecule has 0 spiro atoms. The first-order valence-corrected chi connectivity index (χ1v) is 12.5. The van der Waals surface area contributed by atoms with Crippen LogP contribution < -0.4 is 5.32 Å². The summed E-state index contributed by atoms with van der Waals surface area (Å²) >= 11 is 0. The predicted octanol–water partition coefficient (Wildman–Crippen LogP) is 5.25. The molecule has 2 N–H and O–H groups in total. The van der Waals surface area contributed by atoms with Crippen molar-refractivity contribution in [2.24, 2.45) is 5.92 Å². The standard InChI is InChI=1S/C28H36N4O2/c1-31(2)28(23-8-4-3-5-9-23)15-12-21(13-16-28)18-30-27(33)34-32-17-14-22(20-32)25-19-29-26-11-7-6-10-24(25)26/h3-11,19,21-22,29H,12-18,20H2,1-2H3,(H,30,33). The molecule has 1 saturated heterocycles. The molecule has 2 aromatic carbocycles. The first kappa shape index (κ1) is 22.9. The number of aromatic nitrogens is 1. The molecule has 5 rings (SSSR count). The SMILES string of the molecule is CN(C)C1(c2ccccc2)CCC(CNC(=O)ON2CCC(c3c[nH]c4ccccc34)C2)CC1. The highest BCUT2D eigenvalue weighted by atomic mass is 16.7. The van der Waals surface area contributed by atoms with E-state index in [9.17, 15) is 4.79 Å². The van der Waals surface area contributed by atoms with Gasteiger partial charge in [-0.1, -0.05) is 48.5 Å². The largest absolute Gasteiger partial charge is 0.426 e. The fourth-order valence-corrected chi connectivity index (χ4v) is 5.98. The Morgan fingerprint density at radius 3 is 2.59 bits per heavy atom. The summed E-state index contributed by atoms with van der Waals surface area (Å²) in [7, 11) is 4.37. The van der Waals surface area contributed by atoms with Crippen molar-refractivity contribution in [2.45, 2.75) is 43.6 Å². The minimum absolute atomic E-state index is 0.0885. The molecule has 1 aliphatic heterocycles. The lowest BCUT2D eigenvalue weighted by atomic mass is 9.72. The fourth-order valence-electron chi connectivity index (χ4n) is 5.98. The van der Waals surface area contributed by atoms with Crippen LogP contribution in [0.2, 0.25) is 0 Å². The summed E-state index contributed by atoms with van der Waals surface area (Å²) in [5.41, 5.74) is 3.95. The summed E-state index contributed by atoms with van der Waals surface area (Å²) in [6.07, 6.45) is 7.16. The quantitative estimate of drug-likeness (QED) is 0.528. The Kier molecular flexibility index (Phi) is 6.61. The Balaban J connectivity index is 1.09. The average Bonchev–Trinajstić information content (AvgIpc) is 3.50. The summed E-state index contributed by atoms with van der Waals surface area (Å²) in [5, 5.41) is 6.11. The van der Waals surface area contributed by atoms with Gasteiger partial charge in [0, 0.05) is 48.2 Å². The lowest BCUT2D eigenvalue weighted by Gasteiger charge is -2.45. The number of H-pyrrole nitrogens is 1. The van der Waals surface area contributed by atoms with Gasteiger partial charge in [-0.15, -0.1) is 5.06 Å². The van der Waals surface area contributed by atoms with Crippen molar-refractivity contribution in [2.75, 3.05) is 33.7 Å². The third-order valence-corrected chi connectivity index (χ3v) is 8.06. The molecule has 1 atom stereocenters. The van der Waals surface area contributed by atoms with Crippen LogP contribution >= 0.6 is 0 Å². The predicted molar refractivity (Wildman–Crippen MR) is 135 cm³/mol. The van der Waals surface area contributed by atoms with Crippen LogP contribution in [0, 0.1) is 5.92 Å². The molecule has 0 bridgehead atoms. The molecule has 1 aromatic heterocycles. The maximum atomic E-state index is 12.5. The number of carbonyl (C=O) groups excluding carboxylic acids is 1. The third kappa shape index (κ3) is 4.57. The zero-order valence-electron chi connectivity index (χ0n) is 20.3. The van der Waals surface area contributed by atoms with Gasteiger partial charge in [-0.3, -0.25) is 4.90 Å². The molecular formula is C28H36N4O2. The van der Waals surface area contributed by atoms with Crippen molar-refractivity contribution in [1.29, 1.82) is 0 Å². The van der Waals surface area contributed by atoms with E-state index in [1.54, 1.807) is 0 Å². The van der Waals surface area contributed by atoms with Gasteiger partial charge < -0.3 is 15.1 Å². The Morgan fingerprint density at radius 1 is 1.09 bits per heavy atom. The van der Waals surface area contributed by atoms with E-state index in [0.717, 1.165) is 50.7 Å². The van der Waals surface area contributed by atoms with E-state index in [1.807, 2.05) is 11.1 Å². The molecule has 1 amide bonds. The van der Waals surface area contributed by atoms with Gasteiger partial charge in [0.15, 0.2) is 0 Å². The number of carbonyl (C=O) groups is 1. The van der Waals surface area contributed by atoms with E-state index in [1.165, 1.54) is 16.5 Å². The normalized spacial score (nSPS) is 25.6. The Bertz CT molecular complexity index is 1100. The van der Waals surface area contributed by atoms with Crippen molar-refractivity contribution < 1.29 is 9.63 Å². The molecule has 2 heterocycles. The zero-order valence-corrected chi connectivity index (χ0v) is 20.3. The van der Waals surface area contributed by atoms with Crippen LogP contribution in [0.5, 0.6) is 0 Å². The highest BCUT2D eigenvalue weighted by Crippen LogP contribution is 2.42. The van der Waals surface area contributed by atoms with Crippen LogP contribution in [0.15, 0.2) is 60.8 Å². The number of hydrogen-bond donors (Lipinski definition) is 2. The summed E-state index contributed by atoms with van der Waals surface area (Å²) in [6.45, 7) is 2.18. The molecule has 1 unspecified atom stereocenters. The highest BCUT2D eigenvalue weighted by molar-refractivity contribution is 5.83. The summed E-state index contributed by atoms with van der Waals surface area (Å²) in [6, 6.07) is 19.2. The number of para-hydroxylation sites is 1. The van der Waals surface area contributed by atoms with Crippen molar-refractivity contribution in [1.82, 2.24) is 20.3 Å². The lowest BCUT2D eigenvalue weighted by molar-refractivity contribution is -0.0819. The topological polar surface area (TPSA) is 60.6 Å². The summed E-state index contributed by atoms with van der Waals surface area (Å²) < 4.78 is 0. The van der Waals surface area contributed by atoms with Crippen LogP contribution in [0.1, 0.15) is 49.1 Å². The fraction of sp³-hybridized carbons (Fsp3) is 0.464. The van der Waals surface area contributed by atoms with E-state index in [0.29, 0.717) is 18.4 Å². The van der Waals surface area contributed by atoms with Gasteiger partial charge in [0.1, 0.15) is 0 Å².